The molecule has 0 aliphatic carbocycles. The predicted molar refractivity (Wildman–Crippen MR) is 125 cm³/mol. The lowest BCUT2D eigenvalue weighted by molar-refractivity contribution is 0.600. The van der Waals surface area contributed by atoms with Crippen LogP contribution in [0.15, 0.2) is 53.4 Å². The highest BCUT2D eigenvalue weighted by Crippen LogP contribution is 2.25. The van der Waals surface area contributed by atoms with E-state index in [9.17, 15) is 8.42 Å². The van der Waals surface area contributed by atoms with E-state index in [1.165, 1.54) is 12.8 Å². The Morgan fingerprint density at radius 3 is 2.26 bits per heavy atom. The van der Waals surface area contributed by atoms with Crippen LogP contribution in [-0.4, -0.2) is 31.5 Å². The van der Waals surface area contributed by atoms with Crippen LogP contribution in [0, 0.1) is 20.8 Å². The van der Waals surface area contributed by atoms with Crippen LogP contribution >= 0.6 is 0 Å². The fraction of sp³-hybridized carbons (Fsp3) is 0.304. The number of nitrogens with zero attached hydrogens (tertiary/aromatic N) is 3. The van der Waals surface area contributed by atoms with E-state index in [2.05, 4.69) is 24.9 Å². The molecule has 0 atom stereocenters. The van der Waals surface area contributed by atoms with Gasteiger partial charge >= 0.3 is 0 Å². The number of aryl methyl sites for hydroxylation is 3. The summed E-state index contributed by atoms with van der Waals surface area (Å²) in [4.78, 5) is 11.6. The number of hydrogen-bond acceptors (Lipinski definition) is 6. The summed E-state index contributed by atoms with van der Waals surface area (Å²) < 4.78 is 28.3. The van der Waals surface area contributed by atoms with Gasteiger partial charge in [-0.3, -0.25) is 4.72 Å². The molecule has 0 saturated carbocycles. The van der Waals surface area contributed by atoms with Crippen LogP contribution in [0.2, 0.25) is 0 Å². The van der Waals surface area contributed by atoms with Gasteiger partial charge in [-0.2, -0.15) is 0 Å². The minimum atomic E-state index is -3.66. The third-order valence-electron chi connectivity index (χ3n) is 5.30. The van der Waals surface area contributed by atoms with E-state index in [-0.39, 0.29) is 0 Å². The maximum Gasteiger partial charge on any atom is 0.262 e. The van der Waals surface area contributed by atoms with E-state index in [0.717, 1.165) is 36.0 Å². The maximum absolute atomic E-state index is 12.8. The van der Waals surface area contributed by atoms with E-state index in [1.54, 1.807) is 25.1 Å². The van der Waals surface area contributed by atoms with Crippen molar-refractivity contribution in [3.8, 4) is 0 Å². The molecule has 4 rings (SSSR count). The molecular weight excluding hydrogens is 410 g/mol. The largest absolute Gasteiger partial charge is 0.356 e. The molecule has 1 saturated heterocycles. The molecule has 1 aliphatic heterocycles. The number of hydrogen-bond donors (Lipinski definition) is 2. The molecule has 2 N–H and O–H groups in total. The highest BCUT2D eigenvalue weighted by molar-refractivity contribution is 7.92. The lowest BCUT2D eigenvalue weighted by Gasteiger charge is -2.18. The molecule has 162 valence electrons. The van der Waals surface area contributed by atoms with E-state index in [1.807, 2.05) is 44.2 Å². The number of rotatable bonds is 6. The Hall–Kier alpha value is -3.13. The Labute approximate surface area is 183 Å². The Morgan fingerprint density at radius 1 is 0.871 bits per heavy atom. The third kappa shape index (κ3) is 4.96. The van der Waals surface area contributed by atoms with Crippen molar-refractivity contribution in [2.45, 2.75) is 38.5 Å². The first kappa shape index (κ1) is 21.1. The Balaban J connectivity index is 1.49. The second kappa shape index (κ2) is 8.55. The van der Waals surface area contributed by atoms with E-state index in [4.69, 9.17) is 0 Å². The zero-order chi connectivity index (χ0) is 22.0. The fourth-order valence-electron chi connectivity index (χ4n) is 3.70. The van der Waals surface area contributed by atoms with Gasteiger partial charge in [0, 0.05) is 30.5 Å². The standard InChI is InChI=1S/C23H27N5O2S/c1-16-6-7-17(2)21(14-16)31(29,30)27-20-10-8-19(9-11-20)26-22-15-23(25-18(3)24-22)28-12-4-5-13-28/h6-11,14-15,27H,4-5,12-13H2,1-3H3,(H,24,25,26). The van der Waals surface area contributed by atoms with Crippen molar-refractivity contribution in [1.29, 1.82) is 0 Å². The van der Waals surface area contributed by atoms with Gasteiger partial charge in [-0.05, 0) is 75.1 Å². The Morgan fingerprint density at radius 2 is 1.55 bits per heavy atom. The summed E-state index contributed by atoms with van der Waals surface area (Å²) in [7, 11) is -3.66. The summed E-state index contributed by atoms with van der Waals surface area (Å²) >= 11 is 0. The smallest absolute Gasteiger partial charge is 0.262 e. The molecule has 2 aromatic carbocycles. The molecule has 0 unspecified atom stereocenters. The summed E-state index contributed by atoms with van der Waals surface area (Å²) in [5.41, 5.74) is 2.94. The first-order valence-electron chi connectivity index (χ1n) is 10.4. The highest BCUT2D eigenvalue weighted by Gasteiger charge is 2.18. The maximum atomic E-state index is 12.8. The average molecular weight is 438 g/mol. The van der Waals surface area contributed by atoms with Gasteiger partial charge in [-0.1, -0.05) is 12.1 Å². The zero-order valence-electron chi connectivity index (χ0n) is 18.0. The molecule has 31 heavy (non-hydrogen) atoms. The van der Waals surface area contributed by atoms with E-state index < -0.39 is 10.0 Å². The summed E-state index contributed by atoms with van der Waals surface area (Å²) in [6.07, 6.45) is 2.37. The molecule has 1 fully saturated rings. The SMILES string of the molecule is Cc1ccc(C)c(S(=O)(=O)Nc2ccc(Nc3cc(N4CCCC4)nc(C)n3)cc2)c1. The normalized spacial score (nSPS) is 14.0. The van der Waals surface area contributed by atoms with Crippen LogP contribution < -0.4 is 14.9 Å². The van der Waals surface area contributed by atoms with Crippen molar-refractivity contribution in [3.63, 3.8) is 0 Å². The Bertz CT molecular complexity index is 1190. The second-order valence-corrected chi connectivity index (χ2v) is 9.58. The summed E-state index contributed by atoms with van der Waals surface area (Å²) in [6.45, 7) is 7.59. The van der Waals surface area contributed by atoms with Gasteiger partial charge < -0.3 is 10.2 Å². The van der Waals surface area contributed by atoms with Crippen molar-refractivity contribution in [2.75, 3.05) is 28.0 Å². The molecule has 3 aromatic rings. The number of benzene rings is 2. The predicted octanol–water partition coefficient (Wildman–Crippen LogP) is 4.55. The quantitative estimate of drug-likeness (QED) is 0.588. The molecule has 0 spiro atoms. The molecule has 2 heterocycles. The second-order valence-electron chi connectivity index (χ2n) is 7.93. The minimum absolute atomic E-state index is 0.292. The van der Waals surface area contributed by atoms with Gasteiger partial charge in [-0.15, -0.1) is 0 Å². The fourth-order valence-corrected chi connectivity index (χ4v) is 5.09. The van der Waals surface area contributed by atoms with Crippen molar-refractivity contribution < 1.29 is 8.42 Å². The van der Waals surface area contributed by atoms with E-state index in [0.29, 0.717) is 22.0 Å². The van der Waals surface area contributed by atoms with Gasteiger partial charge in [0.25, 0.3) is 10.0 Å². The summed E-state index contributed by atoms with van der Waals surface area (Å²) in [5, 5.41) is 3.29. The van der Waals surface area contributed by atoms with Crippen molar-refractivity contribution in [2.24, 2.45) is 0 Å². The lowest BCUT2D eigenvalue weighted by Crippen LogP contribution is -2.19. The molecule has 1 aliphatic rings. The summed E-state index contributed by atoms with van der Waals surface area (Å²) in [6, 6.07) is 14.5. The minimum Gasteiger partial charge on any atom is -0.356 e. The van der Waals surface area contributed by atoms with Crippen LogP contribution in [0.25, 0.3) is 0 Å². The molecule has 8 heteroatoms. The van der Waals surface area contributed by atoms with Gasteiger partial charge in [0.1, 0.15) is 17.5 Å². The number of anilines is 4. The molecule has 0 radical (unpaired) electrons. The number of nitrogens with one attached hydrogen (secondary N) is 2. The third-order valence-corrected chi connectivity index (χ3v) is 6.82. The number of sulfonamides is 1. The van der Waals surface area contributed by atoms with Crippen LogP contribution in [0.3, 0.4) is 0 Å². The Kier molecular flexibility index (Phi) is 5.82. The van der Waals surface area contributed by atoms with Crippen molar-refractivity contribution >= 4 is 33.0 Å². The first-order valence-corrected chi connectivity index (χ1v) is 11.9. The zero-order valence-corrected chi connectivity index (χ0v) is 18.8. The van der Waals surface area contributed by atoms with Gasteiger partial charge in [-0.25, -0.2) is 18.4 Å². The highest BCUT2D eigenvalue weighted by atomic mass is 32.2. The van der Waals surface area contributed by atoms with Crippen LogP contribution in [0.1, 0.15) is 29.8 Å². The number of aromatic nitrogens is 2. The van der Waals surface area contributed by atoms with Gasteiger partial charge in [0.15, 0.2) is 0 Å². The van der Waals surface area contributed by atoms with Crippen molar-refractivity contribution in [3.05, 3.63) is 65.5 Å². The monoisotopic (exact) mass is 437 g/mol. The topological polar surface area (TPSA) is 87.2 Å². The molecular formula is C23H27N5O2S. The van der Waals surface area contributed by atoms with E-state index >= 15 is 0 Å². The molecule has 1 aromatic heterocycles. The average Bonchev–Trinajstić information content (AvgIpc) is 3.26. The van der Waals surface area contributed by atoms with Crippen LogP contribution in [0.4, 0.5) is 23.0 Å². The van der Waals surface area contributed by atoms with Gasteiger partial charge in [0.2, 0.25) is 0 Å². The lowest BCUT2D eigenvalue weighted by atomic mass is 10.2. The molecule has 7 nitrogen and oxygen atoms in total. The molecule has 0 amide bonds. The van der Waals surface area contributed by atoms with Crippen molar-refractivity contribution in [1.82, 2.24) is 9.97 Å². The van der Waals surface area contributed by atoms with Crippen LogP contribution in [0.5, 0.6) is 0 Å². The first-order chi connectivity index (χ1) is 14.8. The van der Waals surface area contributed by atoms with Crippen LogP contribution in [-0.2, 0) is 10.0 Å². The summed E-state index contributed by atoms with van der Waals surface area (Å²) in [5.74, 6) is 2.37. The molecule has 0 bridgehead atoms. The van der Waals surface area contributed by atoms with Gasteiger partial charge in [0.05, 0.1) is 4.90 Å².